The van der Waals surface area contributed by atoms with Gasteiger partial charge in [-0.3, -0.25) is 0 Å². The van der Waals surface area contributed by atoms with Gasteiger partial charge in [-0.25, -0.2) is 4.21 Å². The summed E-state index contributed by atoms with van der Waals surface area (Å²) in [5.41, 5.74) is 6.46. The van der Waals surface area contributed by atoms with Crippen molar-refractivity contribution in [1.82, 2.24) is 0 Å². The molecule has 0 radical (unpaired) electrons. The second-order valence-corrected chi connectivity index (χ2v) is 5.90. The van der Waals surface area contributed by atoms with Crippen molar-refractivity contribution in [2.24, 2.45) is 0 Å². The Morgan fingerprint density at radius 1 is 1.14 bits per heavy atom. The molecule has 21 heavy (non-hydrogen) atoms. The van der Waals surface area contributed by atoms with Gasteiger partial charge in [-0.15, -0.1) is 0 Å². The summed E-state index contributed by atoms with van der Waals surface area (Å²) in [5, 5.41) is 11.0. The van der Waals surface area contributed by atoms with E-state index in [9.17, 15) is 14.1 Å². The molecule has 0 spiro atoms. The zero-order chi connectivity index (χ0) is 14.7. The molecule has 0 bridgehead atoms. The first-order valence-corrected chi connectivity index (χ1v) is 7.27. The molecule has 0 aliphatic carbocycles. The van der Waals surface area contributed by atoms with E-state index in [0.717, 1.165) is 0 Å². The monoisotopic (exact) mass is 331 g/mol. The molecular formula is C14H11ClNNaO3S. The first-order valence-electron chi connectivity index (χ1n) is 5.74. The van der Waals surface area contributed by atoms with Crippen LogP contribution in [0.25, 0.3) is 0 Å². The first-order chi connectivity index (χ1) is 9.50. The number of carbonyl (C=O) groups is 1. The number of halogens is 1. The van der Waals surface area contributed by atoms with Crippen molar-refractivity contribution in [2.75, 3.05) is 5.73 Å². The number of rotatable bonds is 4. The predicted octanol–water partition coefficient (Wildman–Crippen LogP) is -1.61. The van der Waals surface area contributed by atoms with E-state index in [0.29, 0.717) is 20.4 Å². The van der Waals surface area contributed by atoms with Crippen LogP contribution in [0.15, 0.2) is 52.3 Å². The normalized spacial score (nSPS) is 11.5. The summed E-state index contributed by atoms with van der Waals surface area (Å²) in [7, 11) is -1.57. The van der Waals surface area contributed by atoms with Gasteiger partial charge in [-0.2, -0.15) is 0 Å². The van der Waals surface area contributed by atoms with Gasteiger partial charge < -0.3 is 15.6 Å². The van der Waals surface area contributed by atoms with Gasteiger partial charge in [-0.05, 0) is 23.8 Å². The van der Waals surface area contributed by atoms with Crippen molar-refractivity contribution in [2.45, 2.75) is 16.2 Å². The van der Waals surface area contributed by atoms with Crippen LogP contribution in [0, 0.1) is 0 Å². The maximum absolute atomic E-state index is 12.5. The summed E-state index contributed by atoms with van der Waals surface area (Å²) in [4.78, 5) is 11.4. The molecule has 0 saturated carbocycles. The fraction of sp³-hybridized carbons (Fsp3) is 0.0714. The molecule has 0 fully saturated rings. The molecule has 0 aliphatic heterocycles. The maximum Gasteiger partial charge on any atom is 1.00 e. The van der Waals surface area contributed by atoms with E-state index in [1.54, 1.807) is 42.5 Å². The average molecular weight is 332 g/mol. The molecule has 2 N–H and O–H groups in total. The number of nitrogen functional groups attached to an aromatic ring is 1. The molecule has 1 atom stereocenters. The fourth-order valence-corrected chi connectivity index (χ4v) is 3.34. The van der Waals surface area contributed by atoms with Crippen molar-refractivity contribution in [3.8, 4) is 0 Å². The van der Waals surface area contributed by atoms with Crippen LogP contribution in [0.3, 0.4) is 0 Å². The zero-order valence-electron chi connectivity index (χ0n) is 11.3. The number of benzene rings is 2. The largest absolute Gasteiger partial charge is 1.00 e. The van der Waals surface area contributed by atoms with Gasteiger partial charge in [0.2, 0.25) is 0 Å². The third-order valence-electron chi connectivity index (χ3n) is 2.73. The smallest absolute Gasteiger partial charge is 0.550 e. The fourth-order valence-electron chi connectivity index (χ4n) is 1.77. The molecular weight excluding hydrogens is 321 g/mol. The second-order valence-electron chi connectivity index (χ2n) is 4.08. The van der Waals surface area contributed by atoms with Gasteiger partial charge in [-0.1, -0.05) is 35.9 Å². The summed E-state index contributed by atoms with van der Waals surface area (Å²) in [6, 6.07) is 11.5. The summed E-state index contributed by atoms with van der Waals surface area (Å²) in [6.45, 7) is 0. The molecule has 0 aromatic heterocycles. The predicted molar refractivity (Wildman–Crippen MR) is 75.7 cm³/mol. The minimum atomic E-state index is -1.57. The first kappa shape index (κ1) is 18.2. The Morgan fingerprint density at radius 3 is 2.38 bits per heavy atom. The number of hydrogen-bond donors (Lipinski definition) is 1. The van der Waals surface area contributed by atoms with E-state index in [1.165, 1.54) is 0 Å². The zero-order valence-corrected chi connectivity index (χ0v) is 14.9. The Hall–Kier alpha value is -0.850. The topological polar surface area (TPSA) is 83.2 Å². The minimum absolute atomic E-state index is 0. The van der Waals surface area contributed by atoms with Gasteiger partial charge in [0.05, 0.1) is 31.3 Å². The van der Waals surface area contributed by atoms with E-state index in [2.05, 4.69) is 0 Å². The molecule has 0 aliphatic rings. The van der Waals surface area contributed by atoms with Crippen LogP contribution in [0.1, 0.15) is 5.56 Å². The van der Waals surface area contributed by atoms with Crippen molar-refractivity contribution in [3.05, 3.63) is 53.1 Å². The van der Waals surface area contributed by atoms with E-state index in [4.69, 9.17) is 17.3 Å². The number of carbonyl (C=O) groups excluding carboxylic acids is 1. The number of para-hydroxylation sites is 1. The summed E-state index contributed by atoms with van der Waals surface area (Å²) in [5.74, 6) is -1.24. The average Bonchev–Trinajstić information content (AvgIpc) is 2.40. The number of carboxylic acids is 1. The van der Waals surface area contributed by atoms with E-state index < -0.39 is 16.8 Å². The number of hydrogen-bond acceptors (Lipinski definition) is 4. The Balaban J connectivity index is 0.00000220. The Bertz CT molecular complexity index is 694. The third-order valence-corrected chi connectivity index (χ3v) is 4.68. The number of aliphatic carboxylic acids is 1. The molecule has 2 aromatic rings. The van der Waals surface area contributed by atoms with E-state index in [1.807, 2.05) is 0 Å². The van der Waals surface area contributed by atoms with Crippen molar-refractivity contribution in [3.63, 3.8) is 0 Å². The Kier molecular flexibility index (Phi) is 6.90. The molecule has 7 heteroatoms. The van der Waals surface area contributed by atoms with Gasteiger partial charge in [0, 0.05) is 12.4 Å². The van der Waals surface area contributed by atoms with Gasteiger partial charge in [0.15, 0.2) is 0 Å². The van der Waals surface area contributed by atoms with Crippen LogP contribution >= 0.6 is 11.6 Å². The quantitative estimate of drug-likeness (QED) is 0.539. The van der Waals surface area contributed by atoms with Crippen LogP contribution in [-0.4, -0.2) is 10.2 Å². The third kappa shape index (κ3) is 4.31. The minimum Gasteiger partial charge on any atom is -0.550 e. The van der Waals surface area contributed by atoms with Crippen LogP contribution in [0.2, 0.25) is 5.02 Å². The van der Waals surface area contributed by atoms with Crippen LogP contribution in [-0.2, 0) is 22.0 Å². The van der Waals surface area contributed by atoms with Crippen LogP contribution in [0.5, 0.6) is 0 Å². The van der Waals surface area contributed by atoms with E-state index in [-0.39, 0.29) is 41.7 Å². The van der Waals surface area contributed by atoms with E-state index >= 15 is 0 Å². The van der Waals surface area contributed by atoms with Gasteiger partial charge in [0.1, 0.15) is 0 Å². The maximum atomic E-state index is 12.5. The van der Waals surface area contributed by atoms with Crippen LogP contribution < -0.4 is 40.4 Å². The van der Waals surface area contributed by atoms with Crippen LogP contribution in [0.4, 0.5) is 5.69 Å². The molecule has 0 saturated heterocycles. The molecule has 0 heterocycles. The number of nitrogens with two attached hydrogens (primary N) is 1. The van der Waals surface area contributed by atoms with Crippen molar-refractivity contribution in [1.29, 1.82) is 0 Å². The molecule has 1 unspecified atom stereocenters. The van der Waals surface area contributed by atoms with Gasteiger partial charge >= 0.3 is 29.6 Å². The summed E-state index contributed by atoms with van der Waals surface area (Å²) < 4.78 is 12.5. The Morgan fingerprint density at radius 2 is 1.76 bits per heavy atom. The number of anilines is 1. The molecule has 4 nitrogen and oxygen atoms in total. The van der Waals surface area contributed by atoms with Crippen molar-refractivity contribution < 1.29 is 43.7 Å². The molecule has 104 valence electrons. The van der Waals surface area contributed by atoms with Crippen molar-refractivity contribution >= 4 is 34.1 Å². The molecule has 0 amide bonds. The molecule has 2 rings (SSSR count). The summed E-state index contributed by atoms with van der Waals surface area (Å²) in [6.07, 6.45) is -0.320. The summed E-state index contributed by atoms with van der Waals surface area (Å²) >= 11 is 6.01. The Labute approximate surface area is 152 Å². The standard InChI is InChI=1S/C14H12ClNO3S.Na/c15-10-5-1-2-6-11(10)20(19)12-7-3-4-9(14(12)16)8-13(17)18;/h1-7H,8,16H2,(H,17,18);/q;+1/p-1. The van der Waals surface area contributed by atoms with Gasteiger partial charge in [0.25, 0.3) is 0 Å². The molecule has 2 aromatic carbocycles. The number of carboxylic acid groups (broad SMARTS) is 1. The SMILES string of the molecule is Nc1c(CC(=O)[O-])cccc1S(=O)c1ccccc1Cl.[Na+]. The second kappa shape index (κ2) is 7.96.